The van der Waals surface area contributed by atoms with Gasteiger partial charge in [0.1, 0.15) is 6.10 Å². The van der Waals surface area contributed by atoms with Crippen molar-refractivity contribution in [1.29, 1.82) is 0 Å². The van der Waals surface area contributed by atoms with Gasteiger partial charge in [0, 0.05) is 24.8 Å². The fraction of sp³-hybridized carbons (Fsp3) is 0.280. The highest BCUT2D eigenvalue weighted by atomic mass is 16.5. The minimum absolute atomic E-state index is 0.0567. The lowest BCUT2D eigenvalue weighted by Gasteiger charge is -2.33. The molecule has 1 amide bonds. The zero-order valence-electron chi connectivity index (χ0n) is 16.9. The van der Waals surface area contributed by atoms with Crippen LogP contribution in [0.5, 0.6) is 0 Å². The number of amides is 1. The van der Waals surface area contributed by atoms with Crippen LogP contribution in [0.25, 0.3) is 16.3 Å². The molecular formula is C25H25N3O2. The van der Waals surface area contributed by atoms with Gasteiger partial charge in [-0.3, -0.25) is 9.78 Å². The van der Waals surface area contributed by atoms with Crippen molar-refractivity contribution in [2.75, 3.05) is 32.8 Å². The van der Waals surface area contributed by atoms with Crippen molar-refractivity contribution < 1.29 is 9.53 Å². The Balaban J connectivity index is 1.47. The van der Waals surface area contributed by atoms with Crippen LogP contribution in [0.2, 0.25) is 0 Å². The summed E-state index contributed by atoms with van der Waals surface area (Å²) in [4.78, 5) is 19.8. The molecule has 152 valence electrons. The van der Waals surface area contributed by atoms with Gasteiger partial charge in [0.2, 0.25) is 0 Å². The Morgan fingerprint density at radius 2 is 1.97 bits per heavy atom. The van der Waals surface area contributed by atoms with Crippen LogP contribution in [0.1, 0.15) is 34.1 Å². The molecule has 0 saturated carbocycles. The first-order chi connectivity index (χ1) is 14.8. The Kier molecular flexibility index (Phi) is 5.30. The van der Waals surface area contributed by atoms with E-state index in [1.165, 1.54) is 11.1 Å². The zero-order valence-corrected chi connectivity index (χ0v) is 16.9. The van der Waals surface area contributed by atoms with Gasteiger partial charge in [-0.25, -0.2) is 0 Å². The fourth-order valence-electron chi connectivity index (χ4n) is 4.39. The second-order valence-electron chi connectivity index (χ2n) is 7.75. The molecule has 5 nitrogen and oxygen atoms in total. The standard InChI is InChI=1S/C25H25N3O2/c29-25(28-15-16-30-24(17-28)23-9-1-2-12-27-23)22-8-4-6-20-19(5-3-7-21(20)22)18-10-13-26-14-11-18/h1-10,12,24,26H,11,13-17H2. The molecule has 1 saturated heterocycles. The molecule has 0 spiro atoms. The van der Waals surface area contributed by atoms with E-state index in [0.29, 0.717) is 19.7 Å². The molecule has 5 heteroatoms. The van der Waals surface area contributed by atoms with Crippen molar-refractivity contribution >= 4 is 22.3 Å². The van der Waals surface area contributed by atoms with Gasteiger partial charge in [0.25, 0.3) is 5.91 Å². The fourth-order valence-corrected chi connectivity index (χ4v) is 4.39. The highest BCUT2D eigenvalue weighted by Crippen LogP contribution is 2.31. The molecule has 5 rings (SSSR count). The van der Waals surface area contributed by atoms with E-state index >= 15 is 0 Å². The third-order valence-corrected chi connectivity index (χ3v) is 5.93. The number of hydrogen-bond acceptors (Lipinski definition) is 4. The highest BCUT2D eigenvalue weighted by molar-refractivity contribution is 6.09. The molecule has 1 N–H and O–H groups in total. The molecule has 1 aromatic heterocycles. The van der Waals surface area contributed by atoms with Crippen molar-refractivity contribution in [3.63, 3.8) is 0 Å². The lowest BCUT2D eigenvalue weighted by molar-refractivity contribution is -0.0246. The first-order valence-electron chi connectivity index (χ1n) is 10.5. The predicted molar refractivity (Wildman–Crippen MR) is 118 cm³/mol. The van der Waals surface area contributed by atoms with Crippen LogP contribution in [-0.4, -0.2) is 48.6 Å². The van der Waals surface area contributed by atoms with Crippen LogP contribution in [0.15, 0.2) is 66.9 Å². The van der Waals surface area contributed by atoms with E-state index in [4.69, 9.17) is 4.74 Å². The van der Waals surface area contributed by atoms with E-state index < -0.39 is 0 Å². The number of carbonyl (C=O) groups excluding carboxylic acids is 1. The maximum atomic E-state index is 13.5. The number of rotatable bonds is 3. The molecule has 2 aliphatic rings. The summed E-state index contributed by atoms with van der Waals surface area (Å²) in [5, 5.41) is 5.53. The van der Waals surface area contributed by atoms with Crippen molar-refractivity contribution in [2.45, 2.75) is 12.5 Å². The molecule has 3 heterocycles. The van der Waals surface area contributed by atoms with E-state index in [0.717, 1.165) is 41.5 Å². The topological polar surface area (TPSA) is 54.5 Å². The van der Waals surface area contributed by atoms with Gasteiger partial charge in [-0.05, 0) is 53.1 Å². The van der Waals surface area contributed by atoms with E-state index in [9.17, 15) is 4.79 Å². The first-order valence-corrected chi connectivity index (χ1v) is 10.5. The second-order valence-corrected chi connectivity index (χ2v) is 7.75. The Morgan fingerprint density at radius 3 is 2.80 bits per heavy atom. The summed E-state index contributed by atoms with van der Waals surface area (Å²) in [5.74, 6) is 0.0567. The number of aromatic nitrogens is 1. The van der Waals surface area contributed by atoms with Crippen LogP contribution < -0.4 is 5.32 Å². The van der Waals surface area contributed by atoms with Crippen molar-refractivity contribution in [1.82, 2.24) is 15.2 Å². The monoisotopic (exact) mass is 399 g/mol. The summed E-state index contributed by atoms with van der Waals surface area (Å²) < 4.78 is 5.90. The van der Waals surface area contributed by atoms with Gasteiger partial charge in [-0.1, -0.05) is 42.5 Å². The molecular weight excluding hydrogens is 374 g/mol. The Bertz CT molecular complexity index is 1090. The number of benzene rings is 2. The second kappa shape index (κ2) is 8.38. The van der Waals surface area contributed by atoms with E-state index in [1.807, 2.05) is 35.2 Å². The average Bonchev–Trinajstić information content (AvgIpc) is 2.84. The summed E-state index contributed by atoms with van der Waals surface area (Å²) >= 11 is 0. The molecule has 1 atom stereocenters. The number of ether oxygens (including phenoxy) is 1. The molecule has 0 aliphatic carbocycles. The molecule has 1 unspecified atom stereocenters. The van der Waals surface area contributed by atoms with Crippen LogP contribution in [0, 0.1) is 0 Å². The highest BCUT2D eigenvalue weighted by Gasteiger charge is 2.27. The summed E-state index contributed by atoms with van der Waals surface area (Å²) in [7, 11) is 0. The van der Waals surface area contributed by atoms with E-state index in [1.54, 1.807) is 6.20 Å². The largest absolute Gasteiger partial charge is 0.368 e. The van der Waals surface area contributed by atoms with Gasteiger partial charge in [-0.15, -0.1) is 0 Å². The molecule has 3 aromatic rings. The van der Waals surface area contributed by atoms with Gasteiger partial charge in [0.15, 0.2) is 0 Å². The number of nitrogens with zero attached hydrogens (tertiary/aromatic N) is 2. The van der Waals surface area contributed by atoms with Crippen LogP contribution >= 0.6 is 0 Å². The lowest BCUT2D eigenvalue weighted by Crippen LogP contribution is -2.42. The van der Waals surface area contributed by atoms with E-state index in [-0.39, 0.29) is 12.0 Å². The predicted octanol–water partition coefficient (Wildman–Crippen LogP) is 3.83. The molecule has 2 aliphatic heterocycles. The van der Waals surface area contributed by atoms with Gasteiger partial charge in [0.05, 0.1) is 18.8 Å². The maximum absolute atomic E-state index is 13.5. The number of fused-ring (bicyclic) bond motifs is 1. The minimum atomic E-state index is -0.186. The van der Waals surface area contributed by atoms with Crippen LogP contribution in [0.3, 0.4) is 0 Å². The summed E-state index contributed by atoms with van der Waals surface area (Å²) in [6.07, 6.45) is 4.84. The normalized spacial score (nSPS) is 19.5. The molecule has 2 aromatic carbocycles. The zero-order chi connectivity index (χ0) is 20.3. The number of hydrogen-bond donors (Lipinski definition) is 1. The van der Waals surface area contributed by atoms with Gasteiger partial charge >= 0.3 is 0 Å². The van der Waals surface area contributed by atoms with E-state index in [2.05, 4.69) is 40.6 Å². The number of morpholine rings is 1. The average molecular weight is 399 g/mol. The van der Waals surface area contributed by atoms with Crippen molar-refractivity contribution in [3.05, 3.63) is 83.7 Å². The van der Waals surface area contributed by atoms with Crippen LogP contribution in [0.4, 0.5) is 0 Å². The first kappa shape index (κ1) is 19.0. The maximum Gasteiger partial charge on any atom is 0.254 e. The van der Waals surface area contributed by atoms with Gasteiger partial charge in [-0.2, -0.15) is 0 Å². The Morgan fingerprint density at radius 1 is 1.07 bits per heavy atom. The SMILES string of the molecule is O=C(c1cccc2c(C3=CCNCC3)cccc12)N1CCOC(c2ccccn2)C1. The smallest absolute Gasteiger partial charge is 0.254 e. The third kappa shape index (κ3) is 3.62. The molecule has 0 bridgehead atoms. The number of pyridine rings is 1. The summed E-state index contributed by atoms with van der Waals surface area (Å²) in [6, 6.07) is 18.1. The number of carbonyl (C=O) groups is 1. The third-order valence-electron chi connectivity index (χ3n) is 5.93. The Labute approximate surface area is 176 Å². The summed E-state index contributed by atoms with van der Waals surface area (Å²) in [6.45, 7) is 3.51. The number of nitrogens with one attached hydrogen (secondary N) is 1. The van der Waals surface area contributed by atoms with Crippen molar-refractivity contribution in [3.8, 4) is 0 Å². The summed E-state index contributed by atoms with van der Waals surface area (Å²) in [5.41, 5.74) is 4.21. The van der Waals surface area contributed by atoms with Gasteiger partial charge < -0.3 is 15.0 Å². The Hall–Kier alpha value is -3.02. The minimum Gasteiger partial charge on any atom is -0.368 e. The molecule has 0 radical (unpaired) electrons. The van der Waals surface area contributed by atoms with Crippen LogP contribution in [-0.2, 0) is 4.74 Å². The van der Waals surface area contributed by atoms with Crippen molar-refractivity contribution in [2.24, 2.45) is 0 Å². The molecule has 30 heavy (non-hydrogen) atoms. The lowest BCUT2D eigenvalue weighted by atomic mass is 9.92. The molecule has 1 fully saturated rings. The quantitative estimate of drug-likeness (QED) is 0.727.